The Hall–Kier alpha value is -1.18. The van der Waals surface area contributed by atoms with Crippen LogP contribution in [0.4, 0.5) is 0 Å². The van der Waals surface area contributed by atoms with Gasteiger partial charge in [0.2, 0.25) is 5.91 Å². The fourth-order valence-electron chi connectivity index (χ4n) is 2.12. The normalized spacial score (nSPS) is 17.8. The van der Waals surface area contributed by atoms with Gasteiger partial charge in [-0.3, -0.25) is 4.79 Å². The molecule has 7 heteroatoms. The van der Waals surface area contributed by atoms with Gasteiger partial charge in [-0.05, 0) is 19.1 Å². The van der Waals surface area contributed by atoms with E-state index in [4.69, 9.17) is 17.0 Å². The molecule has 2 N–H and O–H groups in total. The van der Waals surface area contributed by atoms with Gasteiger partial charge in [0.15, 0.2) is 4.77 Å². The number of H-pyrrole nitrogens is 1. The molecular formula is C11H17N3O3S. The molecule has 1 aromatic rings. The molecule has 0 saturated carbocycles. The van der Waals surface area contributed by atoms with Crippen molar-refractivity contribution in [3.05, 3.63) is 16.7 Å². The van der Waals surface area contributed by atoms with Crippen LogP contribution in [0.5, 0.6) is 0 Å². The number of imidazole rings is 1. The van der Waals surface area contributed by atoms with Crippen LogP contribution < -0.4 is 0 Å². The van der Waals surface area contributed by atoms with Crippen LogP contribution in [0.1, 0.15) is 18.7 Å². The smallest absolute Gasteiger partial charge is 0.245 e. The first-order valence-corrected chi connectivity index (χ1v) is 6.32. The summed E-state index contributed by atoms with van der Waals surface area (Å²) < 4.78 is 7.33. The molecule has 0 bridgehead atoms. The van der Waals surface area contributed by atoms with E-state index < -0.39 is 6.04 Å². The summed E-state index contributed by atoms with van der Waals surface area (Å²) in [7, 11) is 0. The van der Waals surface area contributed by atoms with Crippen LogP contribution in [0.15, 0.2) is 6.20 Å². The minimum atomic E-state index is -0.413. The molecule has 1 unspecified atom stereocenters. The fourth-order valence-corrected chi connectivity index (χ4v) is 2.45. The molecule has 1 aliphatic heterocycles. The van der Waals surface area contributed by atoms with Crippen LogP contribution in [0.25, 0.3) is 0 Å². The number of nitrogens with zero attached hydrogens (tertiary/aromatic N) is 2. The largest absolute Gasteiger partial charge is 0.390 e. The maximum Gasteiger partial charge on any atom is 0.245 e. The molecule has 1 saturated heterocycles. The average molecular weight is 271 g/mol. The topological polar surface area (TPSA) is 70.5 Å². The molecule has 0 aliphatic carbocycles. The van der Waals surface area contributed by atoms with E-state index in [0.29, 0.717) is 36.8 Å². The number of nitrogens with one attached hydrogen (secondary N) is 1. The van der Waals surface area contributed by atoms with E-state index in [9.17, 15) is 9.90 Å². The van der Waals surface area contributed by atoms with Crippen molar-refractivity contribution < 1.29 is 14.6 Å². The summed E-state index contributed by atoms with van der Waals surface area (Å²) in [5.41, 5.74) is 0.620. The van der Waals surface area contributed by atoms with Gasteiger partial charge in [-0.15, -0.1) is 0 Å². The highest BCUT2D eigenvalue weighted by Gasteiger charge is 2.25. The molecule has 0 aromatic carbocycles. The quantitative estimate of drug-likeness (QED) is 0.784. The summed E-state index contributed by atoms with van der Waals surface area (Å²) >= 11 is 5.14. The molecule has 1 aromatic heterocycles. The molecule has 2 rings (SSSR count). The van der Waals surface area contributed by atoms with Crippen molar-refractivity contribution >= 4 is 18.1 Å². The van der Waals surface area contributed by atoms with Crippen LogP contribution >= 0.6 is 12.2 Å². The Balaban J connectivity index is 2.19. The molecule has 6 nitrogen and oxygen atoms in total. The van der Waals surface area contributed by atoms with Gasteiger partial charge < -0.3 is 24.3 Å². The summed E-state index contributed by atoms with van der Waals surface area (Å²) in [6, 6.07) is -0.413. The Morgan fingerprint density at radius 1 is 1.61 bits per heavy atom. The Kier molecular flexibility index (Phi) is 4.15. The van der Waals surface area contributed by atoms with Gasteiger partial charge in [-0.1, -0.05) is 0 Å². The molecular weight excluding hydrogens is 254 g/mol. The highest BCUT2D eigenvalue weighted by atomic mass is 32.1. The third-order valence-electron chi connectivity index (χ3n) is 3.12. The first-order valence-electron chi connectivity index (χ1n) is 5.91. The Morgan fingerprint density at radius 3 is 2.89 bits per heavy atom. The Labute approximate surface area is 110 Å². The van der Waals surface area contributed by atoms with Crippen molar-refractivity contribution in [2.24, 2.45) is 0 Å². The van der Waals surface area contributed by atoms with Gasteiger partial charge >= 0.3 is 0 Å². The third kappa shape index (κ3) is 2.47. The van der Waals surface area contributed by atoms with Gasteiger partial charge in [0.05, 0.1) is 25.5 Å². The molecule has 1 fully saturated rings. The molecule has 2 heterocycles. The number of amides is 1. The van der Waals surface area contributed by atoms with Crippen LogP contribution in [0, 0.1) is 4.77 Å². The maximum absolute atomic E-state index is 12.3. The van der Waals surface area contributed by atoms with E-state index in [0.717, 1.165) is 0 Å². The SMILES string of the molecule is CC(C(=O)N1CCOCC1)n1c(CO)c[nH]c1=S. The van der Waals surface area contributed by atoms with Crippen LogP contribution in [-0.4, -0.2) is 51.8 Å². The molecule has 100 valence electrons. The number of aliphatic hydroxyl groups is 1. The molecule has 1 aliphatic rings. The average Bonchev–Trinajstić information content (AvgIpc) is 2.79. The zero-order chi connectivity index (χ0) is 13.1. The third-order valence-corrected chi connectivity index (χ3v) is 3.43. The van der Waals surface area contributed by atoms with Crippen molar-refractivity contribution in [3.63, 3.8) is 0 Å². The molecule has 1 amide bonds. The number of aromatic amines is 1. The summed E-state index contributed by atoms with van der Waals surface area (Å²) in [6.07, 6.45) is 1.63. The van der Waals surface area contributed by atoms with Gasteiger partial charge in [0, 0.05) is 19.3 Å². The monoisotopic (exact) mass is 271 g/mol. The van der Waals surface area contributed by atoms with E-state index in [-0.39, 0.29) is 12.5 Å². The predicted molar refractivity (Wildman–Crippen MR) is 67.6 cm³/mol. The second-order valence-electron chi connectivity index (χ2n) is 4.23. The van der Waals surface area contributed by atoms with Crippen LogP contribution in [0.3, 0.4) is 0 Å². The van der Waals surface area contributed by atoms with Crippen LogP contribution in [0.2, 0.25) is 0 Å². The van der Waals surface area contributed by atoms with Crippen LogP contribution in [-0.2, 0) is 16.1 Å². The lowest BCUT2D eigenvalue weighted by Gasteiger charge is -2.30. The van der Waals surface area contributed by atoms with E-state index in [1.807, 2.05) is 0 Å². The summed E-state index contributed by atoms with van der Waals surface area (Å²) in [4.78, 5) is 16.9. The number of ether oxygens (including phenoxy) is 1. The second kappa shape index (κ2) is 5.64. The number of aromatic nitrogens is 2. The first kappa shape index (κ1) is 13.3. The van der Waals surface area contributed by atoms with E-state index in [1.165, 1.54) is 0 Å². The Morgan fingerprint density at radius 2 is 2.28 bits per heavy atom. The first-order chi connectivity index (χ1) is 8.65. The van der Waals surface area contributed by atoms with Gasteiger partial charge in [-0.25, -0.2) is 0 Å². The number of carbonyl (C=O) groups excluding carboxylic acids is 1. The van der Waals surface area contributed by atoms with Crippen molar-refractivity contribution in [2.45, 2.75) is 19.6 Å². The molecule has 1 atom stereocenters. The fraction of sp³-hybridized carbons (Fsp3) is 0.636. The number of morpholine rings is 1. The molecule has 0 spiro atoms. The van der Waals surface area contributed by atoms with Gasteiger partial charge in [0.25, 0.3) is 0 Å². The standard InChI is InChI=1S/C11H17N3O3S/c1-8(10(16)13-2-4-17-5-3-13)14-9(7-15)6-12-11(14)18/h6,8,15H,2-5,7H2,1H3,(H,12,18). The highest BCUT2D eigenvalue weighted by Crippen LogP contribution is 2.15. The lowest BCUT2D eigenvalue weighted by molar-refractivity contribution is -0.138. The van der Waals surface area contributed by atoms with E-state index in [1.54, 1.807) is 22.6 Å². The Bertz CT molecular complexity index is 476. The lowest BCUT2D eigenvalue weighted by atomic mass is 10.2. The minimum absolute atomic E-state index is 0.00343. The highest BCUT2D eigenvalue weighted by molar-refractivity contribution is 7.71. The van der Waals surface area contributed by atoms with Crippen molar-refractivity contribution in [3.8, 4) is 0 Å². The maximum atomic E-state index is 12.3. The van der Waals surface area contributed by atoms with Crippen molar-refractivity contribution in [1.29, 1.82) is 0 Å². The van der Waals surface area contributed by atoms with E-state index >= 15 is 0 Å². The van der Waals surface area contributed by atoms with Gasteiger partial charge in [-0.2, -0.15) is 0 Å². The number of aliphatic hydroxyl groups excluding tert-OH is 1. The van der Waals surface area contributed by atoms with Gasteiger partial charge in [0.1, 0.15) is 6.04 Å². The van der Waals surface area contributed by atoms with Crippen molar-refractivity contribution in [1.82, 2.24) is 14.5 Å². The number of hydrogen-bond acceptors (Lipinski definition) is 4. The molecule has 18 heavy (non-hydrogen) atoms. The summed E-state index contributed by atoms with van der Waals surface area (Å²) in [5.74, 6) is 0.00343. The zero-order valence-electron chi connectivity index (χ0n) is 10.3. The minimum Gasteiger partial charge on any atom is -0.390 e. The van der Waals surface area contributed by atoms with Crippen molar-refractivity contribution in [2.75, 3.05) is 26.3 Å². The lowest BCUT2D eigenvalue weighted by Crippen LogP contribution is -2.43. The number of hydrogen-bond donors (Lipinski definition) is 2. The number of carbonyl (C=O) groups is 1. The molecule has 0 radical (unpaired) electrons. The zero-order valence-corrected chi connectivity index (χ0v) is 11.1. The summed E-state index contributed by atoms with van der Waals surface area (Å²) in [6.45, 7) is 4.01. The summed E-state index contributed by atoms with van der Waals surface area (Å²) in [5, 5.41) is 9.24. The second-order valence-corrected chi connectivity index (χ2v) is 4.61. The van der Waals surface area contributed by atoms with E-state index in [2.05, 4.69) is 4.98 Å². The number of rotatable bonds is 3. The predicted octanol–water partition coefficient (Wildman–Crippen LogP) is 0.458.